The number of aryl methyl sites for hydroxylation is 1. The standard InChI is InChI=1S/C21H19ClN2O2/c1-24(14-7-9-15(26-2)10-8-14)21(25)13-6-11-17-19(12-13)23-18-5-3-4-16(18)20(17)22/h6-12H,3-5H2,1-2H3. The molecular formula is C21H19ClN2O2. The predicted octanol–water partition coefficient (Wildman–Crippen LogP) is 4.66. The number of fused-ring (bicyclic) bond motifs is 2. The SMILES string of the molecule is COc1ccc(N(C)C(=O)c2ccc3c(Cl)c4c(nc3c2)CCC4)cc1. The number of carbonyl (C=O) groups is 1. The maximum absolute atomic E-state index is 12.9. The number of halogens is 1. The van der Waals surface area contributed by atoms with E-state index >= 15 is 0 Å². The molecule has 0 fully saturated rings. The number of nitrogens with zero attached hydrogens (tertiary/aromatic N) is 2. The van der Waals surface area contributed by atoms with Crippen molar-refractivity contribution in [2.24, 2.45) is 0 Å². The van der Waals surface area contributed by atoms with Crippen molar-refractivity contribution >= 4 is 34.1 Å². The Morgan fingerprint density at radius 1 is 1.15 bits per heavy atom. The smallest absolute Gasteiger partial charge is 0.258 e. The molecule has 0 radical (unpaired) electrons. The van der Waals surface area contributed by atoms with Crippen LogP contribution in [0, 0.1) is 0 Å². The Hall–Kier alpha value is -2.59. The lowest BCUT2D eigenvalue weighted by Crippen LogP contribution is -2.26. The van der Waals surface area contributed by atoms with Crippen LogP contribution in [0.1, 0.15) is 28.0 Å². The molecule has 0 N–H and O–H groups in total. The molecule has 4 rings (SSSR count). The third kappa shape index (κ3) is 2.80. The summed E-state index contributed by atoms with van der Waals surface area (Å²) in [6.07, 6.45) is 3.03. The monoisotopic (exact) mass is 366 g/mol. The lowest BCUT2D eigenvalue weighted by molar-refractivity contribution is 0.0993. The molecule has 26 heavy (non-hydrogen) atoms. The first-order chi connectivity index (χ1) is 12.6. The van der Waals surface area contributed by atoms with Crippen molar-refractivity contribution in [2.45, 2.75) is 19.3 Å². The van der Waals surface area contributed by atoms with Gasteiger partial charge in [0.2, 0.25) is 0 Å². The van der Waals surface area contributed by atoms with E-state index in [2.05, 4.69) is 0 Å². The fourth-order valence-corrected chi connectivity index (χ4v) is 3.82. The first-order valence-electron chi connectivity index (χ1n) is 8.61. The van der Waals surface area contributed by atoms with Crippen LogP contribution >= 0.6 is 11.6 Å². The zero-order valence-electron chi connectivity index (χ0n) is 14.8. The van der Waals surface area contributed by atoms with Crippen LogP contribution in [0.25, 0.3) is 10.9 Å². The maximum atomic E-state index is 12.9. The molecule has 1 heterocycles. The number of carbonyl (C=O) groups excluding carboxylic acids is 1. The van der Waals surface area contributed by atoms with Gasteiger partial charge in [-0.05, 0) is 61.2 Å². The van der Waals surface area contributed by atoms with E-state index in [9.17, 15) is 4.79 Å². The number of pyridine rings is 1. The van der Waals surface area contributed by atoms with Crippen LogP contribution in [0.3, 0.4) is 0 Å². The van der Waals surface area contributed by atoms with Gasteiger partial charge in [-0.3, -0.25) is 9.78 Å². The van der Waals surface area contributed by atoms with Gasteiger partial charge in [0.1, 0.15) is 5.75 Å². The molecule has 1 aromatic heterocycles. The molecule has 0 unspecified atom stereocenters. The fraction of sp³-hybridized carbons (Fsp3) is 0.238. The average molecular weight is 367 g/mol. The molecule has 1 aliphatic carbocycles. The second kappa shape index (κ2) is 6.61. The molecule has 0 bridgehead atoms. The Kier molecular flexibility index (Phi) is 4.29. The molecule has 4 nitrogen and oxygen atoms in total. The molecule has 0 spiro atoms. The van der Waals surface area contributed by atoms with Crippen molar-refractivity contribution in [2.75, 3.05) is 19.1 Å². The molecule has 5 heteroatoms. The molecule has 0 saturated carbocycles. The van der Waals surface area contributed by atoms with Gasteiger partial charge in [0, 0.05) is 29.4 Å². The van der Waals surface area contributed by atoms with Crippen molar-refractivity contribution < 1.29 is 9.53 Å². The maximum Gasteiger partial charge on any atom is 0.258 e. The molecule has 1 aliphatic rings. The Morgan fingerprint density at radius 3 is 2.65 bits per heavy atom. The number of benzene rings is 2. The highest BCUT2D eigenvalue weighted by Crippen LogP contribution is 2.34. The quantitative estimate of drug-likeness (QED) is 0.677. The van der Waals surface area contributed by atoms with Crippen LogP contribution in [0.4, 0.5) is 5.69 Å². The van der Waals surface area contributed by atoms with Crippen molar-refractivity contribution in [1.82, 2.24) is 4.98 Å². The number of amides is 1. The van der Waals surface area contributed by atoms with Crippen LogP contribution in [0.2, 0.25) is 5.02 Å². The summed E-state index contributed by atoms with van der Waals surface area (Å²) < 4.78 is 5.17. The fourth-order valence-electron chi connectivity index (χ4n) is 3.46. The molecular weight excluding hydrogens is 348 g/mol. The second-order valence-corrected chi connectivity index (χ2v) is 6.88. The number of rotatable bonds is 3. The van der Waals surface area contributed by atoms with E-state index in [1.165, 1.54) is 0 Å². The van der Waals surface area contributed by atoms with Crippen molar-refractivity contribution in [3.8, 4) is 5.75 Å². The van der Waals surface area contributed by atoms with Crippen LogP contribution in [0.5, 0.6) is 5.75 Å². The first-order valence-corrected chi connectivity index (χ1v) is 8.99. The van der Waals surface area contributed by atoms with Crippen molar-refractivity contribution in [3.05, 3.63) is 64.3 Å². The third-order valence-corrected chi connectivity index (χ3v) is 5.39. The van der Waals surface area contributed by atoms with Crippen LogP contribution in [-0.2, 0) is 12.8 Å². The zero-order chi connectivity index (χ0) is 18.3. The van der Waals surface area contributed by atoms with Gasteiger partial charge in [-0.25, -0.2) is 0 Å². The van der Waals surface area contributed by atoms with E-state index in [1.807, 2.05) is 42.5 Å². The van der Waals surface area contributed by atoms with Gasteiger partial charge in [-0.2, -0.15) is 0 Å². The second-order valence-electron chi connectivity index (χ2n) is 6.50. The highest BCUT2D eigenvalue weighted by molar-refractivity contribution is 6.36. The van der Waals surface area contributed by atoms with Gasteiger partial charge in [0.05, 0.1) is 17.6 Å². The number of aromatic nitrogens is 1. The Morgan fingerprint density at radius 2 is 1.92 bits per heavy atom. The van der Waals surface area contributed by atoms with Gasteiger partial charge in [0.15, 0.2) is 0 Å². The summed E-state index contributed by atoms with van der Waals surface area (Å²) in [5, 5.41) is 1.70. The number of anilines is 1. The summed E-state index contributed by atoms with van der Waals surface area (Å²) in [4.78, 5) is 19.3. The summed E-state index contributed by atoms with van der Waals surface area (Å²) in [5.41, 5.74) is 4.40. The molecule has 2 aromatic carbocycles. The van der Waals surface area contributed by atoms with E-state index < -0.39 is 0 Å². The topological polar surface area (TPSA) is 42.4 Å². The minimum atomic E-state index is -0.0875. The van der Waals surface area contributed by atoms with Crippen LogP contribution in [0.15, 0.2) is 42.5 Å². The van der Waals surface area contributed by atoms with Gasteiger partial charge >= 0.3 is 0 Å². The number of hydrogen-bond acceptors (Lipinski definition) is 3. The summed E-state index contributed by atoms with van der Waals surface area (Å²) in [6, 6.07) is 13.0. The van der Waals surface area contributed by atoms with Gasteiger partial charge in [0.25, 0.3) is 5.91 Å². The summed E-state index contributed by atoms with van der Waals surface area (Å²) in [7, 11) is 3.38. The number of hydrogen-bond donors (Lipinski definition) is 0. The summed E-state index contributed by atoms with van der Waals surface area (Å²) in [5.74, 6) is 0.670. The molecule has 1 amide bonds. The molecule has 0 atom stereocenters. The number of ether oxygens (including phenoxy) is 1. The lowest BCUT2D eigenvalue weighted by Gasteiger charge is -2.18. The Bertz CT molecular complexity index is 999. The Labute approximate surface area is 157 Å². The average Bonchev–Trinajstić information content (AvgIpc) is 3.15. The Balaban J connectivity index is 1.69. The predicted molar refractivity (Wildman–Crippen MR) is 105 cm³/mol. The molecule has 0 saturated heterocycles. The first kappa shape index (κ1) is 16.9. The lowest BCUT2D eigenvalue weighted by atomic mass is 10.1. The number of methoxy groups -OCH3 is 1. The van der Waals surface area contributed by atoms with E-state index in [1.54, 1.807) is 19.1 Å². The molecule has 132 valence electrons. The molecule has 0 aliphatic heterocycles. The third-order valence-electron chi connectivity index (χ3n) is 4.95. The summed E-state index contributed by atoms with van der Waals surface area (Å²) >= 11 is 6.56. The van der Waals surface area contributed by atoms with E-state index in [0.29, 0.717) is 5.56 Å². The van der Waals surface area contributed by atoms with Gasteiger partial charge in [-0.15, -0.1) is 0 Å². The van der Waals surface area contributed by atoms with Crippen molar-refractivity contribution in [1.29, 1.82) is 0 Å². The van der Waals surface area contributed by atoms with E-state index in [0.717, 1.165) is 57.9 Å². The van der Waals surface area contributed by atoms with E-state index in [-0.39, 0.29) is 5.91 Å². The summed E-state index contributed by atoms with van der Waals surface area (Å²) in [6.45, 7) is 0. The normalized spacial score (nSPS) is 12.9. The van der Waals surface area contributed by atoms with Crippen molar-refractivity contribution in [3.63, 3.8) is 0 Å². The van der Waals surface area contributed by atoms with Gasteiger partial charge in [-0.1, -0.05) is 17.7 Å². The largest absolute Gasteiger partial charge is 0.497 e. The highest BCUT2D eigenvalue weighted by Gasteiger charge is 2.20. The minimum absolute atomic E-state index is 0.0875. The zero-order valence-corrected chi connectivity index (χ0v) is 15.5. The van der Waals surface area contributed by atoms with Crippen LogP contribution in [-0.4, -0.2) is 25.0 Å². The van der Waals surface area contributed by atoms with Crippen LogP contribution < -0.4 is 9.64 Å². The highest BCUT2D eigenvalue weighted by atomic mass is 35.5. The van der Waals surface area contributed by atoms with E-state index in [4.69, 9.17) is 21.3 Å². The minimum Gasteiger partial charge on any atom is -0.497 e. The van der Waals surface area contributed by atoms with Gasteiger partial charge < -0.3 is 9.64 Å². The molecule has 3 aromatic rings.